The maximum Gasteiger partial charge on any atom is 0.110 e. The minimum absolute atomic E-state index is 0.00954. The Bertz CT molecular complexity index is 288. The molecule has 78 valence electrons. The van der Waals surface area contributed by atoms with Crippen molar-refractivity contribution in [2.45, 2.75) is 19.1 Å². The van der Waals surface area contributed by atoms with Crippen LogP contribution in [0.2, 0.25) is 0 Å². The van der Waals surface area contributed by atoms with Crippen molar-refractivity contribution >= 4 is 5.69 Å². The molecule has 3 heteroatoms. The van der Waals surface area contributed by atoms with Gasteiger partial charge in [-0.25, -0.2) is 0 Å². The van der Waals surface area contributed by atoms with Gasteiger partial charge in [0.15, 0.2) is 0 Å². The minimum Gasteiger partial charge on any atom is -0.398 e. The van der Waals surface area contributed by atoms with Crippen molar-refractivity contribution in [1.29, 1.82) is 0 Å². The summed E-state index contributed by atoms with van der Waals surface area (Å²) in [6.07, 6.45) is -0.120. The minimum atomic E-state index is -0.110. The molecule has 0 bridgehead atoms. The van der Waals surface area contributed by atoms with E-state index in [1.807, 2.05) is 31.2 Å². The van der Waals surface area contributed by atoms with Crippen molar-refractivity contribution in [3.8, 4) is 0 Å². The number of nitrogens with two attached hydrogens (primary N) is 1. The monoisotopic (exact) mass is 195 g/mol. The van der Waals surface area contributed by atoms with E-state index >= 15 is 0 Å². The molecule has 1 rings (SSSR count). The van der Waals surface area contributed by atoms with Crippen molar-refractivity contribution in [1.82, 2.24) is 0 Å². The second kappa shape index (κ2) is 4.98. The van der Waals surface area contributed by atoms with E-state index in [1.54, 1.807) is 14.2 Å². The highest BCUT2D eigenvalue weighted by atomic mass is 16.5. The van der Waals surface area contributed by atoms with Crippen molar-refractivity contribution in [3.05, 3.63) is 29.8 Å². The van der Waals surface area contributed by atoms with E-state index in [2.05, 4.69) is 0 Å². The summed E-state index contributed by atoms with van der Waals surface area (Å²) < 4.78 is 10.6. The maximum absolute atomic E-state index is 5.85. The van der Waals surface area contributed by atoms with Gasteiger partial charge in [-0.15, -0.1) is 0 Å². The Morgan fingerprint density at radius 3 is 2.29 bits per heavy atom. The van der Waals surface area contributed by atoms with Gasteiger partial charge in [-0.3, -0.25) is 0 Å². The molecule has 0 aliphatic heterocycles. The molecule has 1 aromatic carbocycles. The molecule has 0 aliphatic carbocycles. The topological polar surface area (TPSA) is 44.5 Å². The maximum atomic E-state index is 5.85. The third kappa shape index (κ3) is 2.25. The Hall–Kier alpha value is -1.06. The number of methoxy groups -OCH3 is 2. The van der Waals surface area contributed by atoms with Crippen LogP contribution in [0.5, 0.6) is 0 Å². The number of ether oxygens (including phenoxy) is 2. The number of nitrogen functional groups attached to an aromatic ring is 1. The average molecular weight is 195 g/mol. The van der Waals surface area contributed by atoms with Crippen molar-refractivity contribution in [2.24, 2.45) is 0 Å². The molecular formula is C11H17NO2. The molecule has 0 radical (unpaired) electrons. The third-order valence-corrected chi connectivity index (χ3v) is 2.35. The summed E-state index contributed by atoms with van der Waals surface area (Å²) in [6.45, 7) is 1.96. The fraction of sp³-hybridized carbons (Fsp3) is 0.455. The lowest BCUT2D eigenvalue weighted by molar-refractivity contribution is -0.0273. The van der Waals surface area contributed by atoms with E-state index in [-0.39, 0.29) is 12.2 Å². The highest BCUT2D eigenvalue weighted by Gasteiger charge is 2.19. The van der Waals surface area contributed by atoms with Gasteiger partial charge in [0.2, 0.25) is 0 Å². The molecule has 3 nitrogen and oxygen atoms in total. The molecule has 0 fully saturated rings. The molecule has 0 heterocycles. The molecule has 0 saturated carbocycles. The number of hydrogen-bond donors (Lipinski definition) is 1. The average Bonchev–Trinajstić information content (AvgIpc) is 2.21. The van der Waals surface area contributed by atoms with Crippen LogP contribution in [0.15, 0.2) is 24.3 Å². The van der Waals surface area contributed by atoms with Crippen LogP contribution >= 0.6 is 0 Å². The number of rotatable bonds is 4. The third-order valence-electron chi connectivity index (χ3n) is 2.35. The van der Waals surface area contributed by atoms with Gasteiger partial charge in [-0.05, 0) is 13.0 Å². The predicted octanol–water partition coefficient (Wildman–Crippen LogP) is 1.99. The van der Waals surface area contributed by atoms with Crippen LogP contribution in [0.25, 0.3) is 0 Å². The number of benzene rings is 1. The Balaban J connectivity index is 2.94. The van der Waals surface area contributed by atoms with Gasteiger partial charge >= 0.3 is 0 Å². The van der Waals surface area contributed by atoms with E-state index in [0.29, 0.717) is 0 Å². The molecule has 2 atom stereocenters. The second-order valence-electron chi connectivity index (χ2n) is 3.23. The summed E-state index contributed by atoms with van der Waals surface area (Å²) in [5.74, 6) is 0. The summed E-state index contributed by atoms with van der Waals surface area (Å²) in [4.78, 5) is 0. The van der Waals surface area contributed by atoms with E-state index < -0.39 is 0 Å². The van der Waals surface area contributed by atoms with Gasteiger partial charge in [0, 0.05) is 25.5 Å². The number of para-hydroxylation sites is 1. The fourth-order valence-corrected chi connectivity index (χ4v) is 1.47. The zero-order valence-electron chi connectivity index (χ0n) is 8.86. The summed E-state index contributed by atoms with van der Waals surface area (Å²) in [5, 5.41) is 0. The SMILES string of the molecule is CO[C@@H](C)[C@@H](OC)c1ccccc1N. The van der Waals surface area contributed by atoms with Crippen molar-refractivity contribution in [3.63, 3.8) is 0 Å². The van der Waals surface area contributed by atoms with Crippen LogP contribution in [-0.2, 0) is 9.47 Å². The molecule has 0 amide bonds. The summed E-state index contributed by atoms with van der Waals surface area (Å²) in [7, 11) is 3.32. The van der Waals surface area contributed by atoms with Crippen molar-refractivity contribution < 1.29 is 9.47 Å². The summed E-state index contributed by atoms with van der Waals surface area (Å²) in [6, 6.07) is 7.67. The molecule has 14 heavy (non-hydrogen) atoms. The molecule has 0 saturated heterocycles. The molecular weight excluding hydrogens is 178 g/mol. The lowest BCUT2D eigenvalue weighted by Gasteiger charge is -2.22. The van der Waals surface area contributed by atoms with Crippen LogP contribution in [0.1, 0.15) is 18.6 Å². The first-order chi connectivity index (χ1) is 6.70. The van der Waals surface area contributed by atoms with Gasteiger partial charge in [0.1, 0.15) is 6.10 Å². The first-order valence-electron chi connectivity index (χ1n) is 4.60. The van der Waals surface area contributed by atoms with Crippen LogP contribution < -0.4 is 5.73 Å². The first-order valence-corrected chi connectivity index (χ1v) is 4.60. The van der Waals surface area contributed by atoms with Crippen LogP contribution in [0.4, 0.5) is 5.69 Å². The lowest BCUT2D eigenvalue weighted by Crippen LogP contribution is -2.20. The van der Waals surface area contributed by atoms with Crippen LogP contribution in [0, 0.1) is 0 Å². The van der Waals surface area contributed by atoms with Crippen LogP contribution in [-0.4, -0.2) is 20.3 Å². The van der Waals surface area contributed by atoms with E-state index in [9.17, 15) is 0 Å². The van der Waals surface area contributed by atoms with Gasteiger partial charge in [-0.2, -0.15) is 0 Å². The van der Waals surface area contributed by atoms with Gasteiger partial charge in [0.25, 0.3) is 0 Å². The summed E-state index contributed by atoms with van der Waals surface area (Å²) in [5.41, 5.74) is 7.57. The molecule has 2 N–H and O–H groups in total. The quantitative estimate of drug-likeness (QED) is 0.747. The normalized spacial score (nSPS) is 15.1. The summed E-state index contributed by atoms with van der Waals surface area (Å²) >= 11 is 0. The predicted molar refractivity (Wildman–Crippen MR) is 57.1 cm³/mol. The molecule has 0 aliphatic rings. The molecule has 1 aromatic rings. The standard InChI is InChI=1S/C11H17NO2/c1-8(13-2)11(14-3)9-6-4-5-7-10(9)12/h4-8,11H,12H2,1-3H3/t8-,11+/m0/s1. The Labute approximate surface area is 84.8 Å². The fourth-order valence-electron chi connectivity index (χ4n) is 1.47. The highest BCUT2D eigenvalue weighted by molar-refractivity contribution is 5.48. The largest absolute Gasteiger partial charge is 0.398 e. The number of anilines is 1. The van der Waals surface area contributed by atoms with Crippen molar-refractivity contribution in [2.75, 3.05) is 20.0 Å². The molecule has 0 unspecified atom stereocenters. The van der Waals surface area contributed by atoms with Gasteiger partial charge in [0.05, 0.1) is 6.10 Å². The lowest BCUT2D eigenvalue weighted by atomic mass is 10.0. The highest BCUT2D eigenvalue weighted by Crippen LogP contribution is 2.26. The van der Waals surface area contributed by atoms with E-state index in [4.69, 9.17) is 15.2 Å². The van der Waals surface area contributed by atoms with E-state index in [0.717, 1.165) is 11.3 Å². The second-order valence-corrected chi connectivity index (χ2v) is 3.23. The zero-order valence-corrected chi connectivity index (χ0v) is 8.86. The van der Waals surface area contributed by atoms with E-state index in [1.165, 1.54) is 0 Å². The first kappa shape index (κ1) is 11.0. The Kier molecular flexibility index (Phi) is 3.92. The van der Waals surface area contributed by atoms with Gasteiger partial charge < -0.3 is 15.2 Å². The molecule has 0 aromatic heterocycles. The Morgan fingerprint density at radius 1 is 1.14 bits per heavy atom. The zero-order chi connectivity index (χ0) is 10.6. The Morgan fingerprint density at radius 2 is 1.79 bits per heavy atom. The molecule has 0 spiro atoms. The van der Waals surface area contributed by atoms with Crippen LogP contribution in [0.3, 0.4) is 0 Å². The smallest absolute Gasteiger partial charge is 0.110 e. The number of hydrogen-bond acceptors (Lipinski definition) is 3. The van der Waals surface area contributed by atoms with Gasteiger partial charge in [-0.1, -0.05) is 18.2 Å².